The summed E-state index contributed by atoms with van der Waals surface area (Å²) in [7, 11) is 0. The van der Waals surface area contributed by atoms with Crippen LogP contribution in [0.25, 0.3) is 0 Å². The Bertz CT molecular complexity index is 297. The SMILES string of the molecule is CCC(O)COc1ccc([C@H](N)CC)cc1. The first kappa shape index (κ1) is 13.0. The molecule has 16 heavy (non-hydrogen) atoms. The third-order valence-corrected chi connectivity index (χ3v) is 2.66. The molecular formula is C13H21NO2. The van der Waals surface area contributed by atoms with Gasteiger partial charge in [0.15, 0.2) is 0 Å². The van der Waals surface area contributed by atoms with Crippen molar-refractivity contribution in [3.05, 3.63) is 29.8 Å². The Labute approximate surface area is 97.2 Å². The summed E-state index contributed by atoms with van der Waals surface area (Å²) >= 11 is 0. The van der Waals surface area contributed by atoms with Crippen LogP contribution < -0.4 is 10.5 Å². The molecule has 0 fully saturated rings. The average Bonchev–Trinajstić information content (AvgIpc) is 2.35. The van der Waals surface area contributed by atoms with Crippen LogP contribution in [0.2, 0.25) is 0 Å². The van der Waals surface area contributed by atoms with Gasteiger partial charge in [-0.1, -0.05) is 26.0 Å². The molecule has 0 amide bonds. The summed E-state index contributed by atoms with van der Waals surface area (Å²) in [6, 6.07) is 7.83. The fourth-order valence-electron chi connectivity index (χ4n) is 1.36. The molecule has 0 spiro atoms. The lowest BCUT2D eigenvalue weighted by Crippen LogP contribution is -2.16. The van der Waals surface area contributed by atoms with Crippen molar-refractivity contribution in [2.75, 3.05) is 6.61 Å². The molecule has 0 saturated heterocycles. The summed E-state index contributed by atoms with van der Waals surface area (Å²) in [5, 5.41) is 9.36. The van der Waals surface area contributed by atoms with Gasteiger partial charge in [0, 0.05) is 6.04 Å². The normalized spacial score (nSPS) is 14.5. The van der Waals surface area contributed by atoms with Crippen molar-refractivity contribution in [1.29, 1.82) is 0 Å². The van der Waals surface area contributed by atoms with E-state index < -0.39 is 6.10 Å². The molecule has 1 aromatic carbocycles. The summed E-state index contributed by atoms with van der Waals surface area (Å²) in [5.41, 5.74) is 7.02. The lowest BCUT2D eigenvalue weighted by molar-refractivity contribution is 0.104. The lowest BCUT2D eigenvalue weighted by Gasteiger charge is -2.12. The smallest absolute Gasteiger partial charge is 0.119 e. The van der Waals surface area contributed by atoms with Gasteiger partial charge in [0.25, 0.3) is 0 Å². The molecule has 0 aromatic heterocycles. The van der Waals surface area contributed by atoms with Crippen LogP contribution in [0.15, 0.2) is 24.3 Å². The fourth-order valence-corrected chi connectivity index (χ4v) is 1.36. The molecule has 1 aromatic rings. The van der Waals surface area contributed by atoms with Gasteiger partial charge in [-0.25, -0.2) is 0 Å². The second-order valence-corrected chi connectivity index (χ2v) is 3.96. The maximum absolute atomic E-state index is 9.36. The Morgan fingerprint density at radius 1 is 1.19 bits per heavy atom. The van der Waals surface area contributed by atoms with Crippen LogP contribution >= 0.6 is 0 Å². The molecule has 1 unspecified atom stereocenters. The molecule has 0 saturated carbocycles. The molecule has 3 heteroatoms. The van der Waals surface area contributed by atoms with Gasteiger partial charge >= 0.3 is 0 Å². The summed E-state index contributed by atoms with van der Waals surface area (Å²) in [6.45, 7) is 4.33. The quantitative estimate of drug-likeness (QED) is 0.777. The molecule has 0 aliphatic heterocycles. The Morgan fingerprint density at radius 2 is 1.81 bits per heavy atom. The third kappa shape index (κ3) is 3.83. The third-order valence-electron chi connectivity index (χ3n) is 2.66. The highest BCUT2D eigenvalue weighted by atomic mass is 16.5. The minimum absolute atomic E-state index is 0.0929. The van der Waals surface area contributed by atoms with Crippen molar-refractivity contribution in [2.45, 2.75) is 38.8 Å². The number of rotatable bonds is 6. The molecule has 1 rings (SSSR count). The summed E-state index contributed by atoms with van der Waals surface area (Å²) in [6.07, 6.45) is 1.24. The Morgan fingerprint density at radius 3 is 2.31 bits per heavy atom. The van der Waals surface area contributed by atoms with Gasteiger partial charge < -0.3 is 15.6 Å². The summed E-state index contributed by atoms with van der Waals surface area (Å²) in [5.74, 6) is 0.777. The van der Waals surface area contributed by atoms with Crippen molar-refractivity contribution < 1.29 is 9.84 Å². The van der Waals surface area contributed by atoms with Crippen molar-refractivity contribution >= 4 is 0 Å². The van der Waals surface area contributed by atoms with Crippen LogP contribution in [0.4, 0.5) is 0 Å². The second kappa shape index (κ2) is 6.51. The number of aliphatic hydroxyl groups excluding tert-OH is 1. The maximum atomic E-state index is 9.36. The highest BCUT2D eigenvalue weighted by molar-refractivity contribution is 5.28. The predicted molar refractivity (Wildman–Crippen MR) is 65.5 cm³/mol. The minimum atomic E-state index is -0.391. The molecular weight excluding hydrogens is 202 g/mol. The Hall–Kier alpha value is -1.06. The first-order chi connectivity index (χ1) is 7.67. The van der Waals surface area contributed by atoms with Crippen molar-refractivity contribution in [3.63, 3.8) is 0 Å². The highest BCUT2D eigenvalue weighted by Crippen LogP contribution is 2.18. The largest absolute Gasteiger partial charge is 0.491 e. The molecule has 2 atom stereocenters. The van der Waals surface area contributed by atoms with E-state index in [1.807, 2.05) is 31.2 Å². The zero-order valence-electron chi connectivity index (χ0n) is 10.0. The van der Waals surface area contributed by atoms with E-state index in [9.17, 15) is 5.11 Å². The van der Waals surface area contributed by atoms with Gasteiger partial charge in [-0.3, -0.25) is 0 Å². The first-order valence-electron chi connectivity index (χ1n) is 5.83. The zero-order valence-corrected chi connectivity index (χ0v) is 10.0. The first-order valence-corrected chi connectivity index (χ1v) is 5.83. The molecule has 3 N–H and O–H groups in total. The molecule has 0 heterocycles. The fraction of sp³-hybridized carbons (Fsp3) is 0.538. The van der Waals surface area contributed by atoms with Gasteiger partial charge in [0.05, 0.1) is 6.10 Å². The van der Waals surface area contributed by atoms with E-state index >= 15 is 0 Å². The zero-order chi connectivity index (χ0) is 12.0. The number of nitrogens with two attached hydrogens (primary N) is 1. The lowest BCUT2D eigenvalue weighted by atomic mass is 10.1. The van der Waals surface area contributed by atoms with E-state index in [0.29, 0.717) is 13.0 Å². The molecule has 0 radical (unpaired) electrons. The van der Waals surface area contributed by atoms with E-state index in [1.165, 1.54) is 0 Å². The summed E-state index contributed by atoms with van der Waals surface area (Å²) < 4.78 is 5.44. The van der Waals surface area contributed by atoms with Gasteiger partial charge in [0.2, 0.25) is 0 Å². The standard InChI is InChI=1S/C13H21NO2/c1-3-11(15)9-16-12-7-5-10(6-8-12)13(14)4-2/h5-8,11,13,15H,3-4,9,14H2,1-2H3/t11?,13-/m1/s1. The van der Waals surface area contributed by atoms with Crippen LogP contribution in [-0.2, 0) is 0 Å². The van der Waals surface area contributed by atoms with E-state index in [-0.39, 0.29) is 6.04 Å². The number of aliphatic hydroxyl groups is 1. The van der Waals surface area contributed by atoms with Crippen LogP contribution in [0, 0.1) is 0 Å². The van der Waals surface area contributed by atoms with Gasteiger partial charge in [-0.2, -0.15) is 0 Å². The van der Waals surface area contributed by atoms with Crippen molar-refractivity contribution in [2.24, 2.45) is 5.73 Å². The van der Waals surface area contributed by atoms with Crippen molar-refractivity contribution in [1.82, 2.24) is 0 Å². The van der Waals surface area contributed by atoms with E-state index in [1.54, 1.807) is 0 Å². The van der Waals surface area contributed by atoms with Crippen LogP contribution in [0.3, 0.4) is 0 Å². The second-order valence-electron chi connectivity index (χ2n) is 3.96. The number of hydrogen-bond donors (Lipinski definition) is 2. The number of ether oxygens (including phenoxy) is 1. The van der Waals surface area contributed by atoms with Gasteiger partial charge in [0.1, 0.15) is 12.4 Å². The Kier molecular flexibility index (Phi) is 5.29. The minimum Gasteiger partial charge on any atom is -0.491 e. The number of benzene rings is 1. The average molecular weight is 223 g/mol. The molecule has 0 bridgehead atoms. The van der Waals surface area contributed by atoms with Crippen LogP contribution in [0.5, 0.6) is 5.75 Å². The topological polar surface area (TPSA) is 55.5 Å². The molecule has 0 aliphatic rings. The molecule has 3 nitrogen and oxygen atoms in total. The maximum Gasteiger partial charge on any atom is 0.119 e. The number of hydrogen-bond acceptors (Lipinski definition) is 3. The van der Waals surface area contributed by atoms with Crippen LogP contribution in [0.1, 0.15) is 38.3 Å². The van der Waals surface area contributed by atoms with E-state index in [0.717, 1.165) is 17.7 Å². The molecule has 90 valence electrons. The monoisotopic (exact) mass is 223 g/mol. The van der Waals surface area contributed by atoms with Gasteiger partial charge in [-0.05, 0) is 30.5 Å². The molecule has 0 aliphatic carbocycles. The predicted octanol–water partition coefficient (Wildman–Crippen LogP) is 2.25. The van der Waals surface area contributed by atoms with Crippen molar-refractivity contribution in [3.8, 4) is 5.75 Å². The van der Waals surface area contributed by atoms with E-state index in [2.05, 4.69) is 6.92 Å². The van der Waals surface area contributed by atoms with E-state index in [4.69, 9.17) is 10.5 Å². The Balaban J connectivity index is 2.51. The summed E-state index contributed by atoms with van der Waals surface area (Å²) in [4.78, 5) is 0. The van der Waals surface area contributed by atoms with Gasteiger partial charge in [-0.15, -0.1) is 0 Å². The van der Waals surface area contributed by atoms with Crippen LogP contribution in [-0.4, -0.2) is 17.8 Å². The highest BCUT2D eigenvalue weighted by Gasteiger charge is 2.04.